The molecule has 0 aromatic heterocycles. The summed E-state index contributed by atoms with van der Waals surface area (Å²) in [6.07, 6.45) is 1.84. The van der Waals surface area contributed by atoms with Crippen LogP contribution in [0.4, 0.5) is 0 Å². The summed E-state index contributed by atoms with van der Waals surface area (Å²) < 4.78 is 10.4. The van der Waals surface area contributed by atoms with E-state index in [4.69, 9.17) is 9.47 Å². The summed E-state index contributed by atoms with van der Waals surface area (Å²) >= 11 is 0. The summed E-state index contributed by atoms with van der Waals surface area (Å²) in [5, 5.41) is 19.8. The van der Waals surface area contributed by atoms with E-state index < -0.39 is 0 Å². The van der Waals surface area contributed by atoms with Crippen LogP contribution in [0.2, 0.25) is 0 Å². The molecule has 0 saturated carbocycles. The lowest BCUT2D eigenvalue weighted by Crippen LogP contribution is -2.32. The zero-order chi connectivity index (χ0) is 18.0. The first-order chi connectivity index (χ1) is 12.0. The highest BCUT2D eigenvalue weighted by Gasteiger charge is 2.19. The molecule has 25 heavy (non-hydrogen) atoms. The molecular weight excluding hydrogens is 318 g/mol. The van der Waals surface area contributed by atoms with Crippen LogP contribution in [0.1, 0.15) is 22.3 Å². The molecule has 5 nitrogen and oxygen atoms in total. The highest BCUT2D eigenvalue weighted by molar-refractivity contribution is 5.48. The number of hydrogen-bond donors (Lipinski definition) is 2. The van der Waals surface area contributed by atoms with Crippen LogP contribution >= 0.6 is 0 Å². The highest BCUT2D eigenvalue weighted by atomic mass is 16.5. The van der Waals surface area contributed by atoms with Gasteiger partial charge in [0, 0.05) is 19.6 Å². The molecule has 0 unspecified atom stereocenters. The third kappa shape index (κ3) is 3.66. The van der Waals surface area contributed by atoms with E-state index in [0.29, 0.717) is 11.5 Å². The molecule has 2 aromatic carbocycles. The van der Waals surface area contributed by atoms with Crippen molar-refractivity contribution in [1.29, 1.82) is 0 Å². The van der Waals surface area contributed by atoms with Crippen LogP contribution in [0.25, 0.3) is 0 Å². The standard InChI is InChI=1S/C20H25NO4/c1-13-8-17(22)19(24-2)10-14(13)4-6-21-7-5-15-11-20(25-3)18(23)9-16(15)12-21/h8-11,22-23H,4-7,12H2,1-3H3. The highest BCUT2D eigenvalue weighted by Crippen LogP contribution is 2.33. The molecule has 0 saturated heterocycles. The summed E-state index contributed by atoms with van der Waals surface area (Å²) in [6.45, 7) is 4.72. The maximum Gasteiger partial charge on any atom is 0.160 e. The summed E-state index contributed by atoms with van der Waals surface area (Å²) in [4.78, 5) is 2.38. The van der Waals surface area contributed by atoms with Crippen LogP contribution in [0, 0.1) is 6.92 Å². The molecule has 1 aliphatic heterocycles. The average molecular weight is 343 g/mol. The maximum atomic E-state index is 10.00. The Morgan fingerprint density at radius 1 is 0.960 bits per heavy atom. The zero-order valence-electron chi connectivity index (χ0n) is 15.0. The molecule has 0 radical (unpaired) electrons. The lowest BCUT2D eigenvalue weighted by atomic mass is 9.98. The Morgan fingerprint density at radius 2 is 1.64 bits per heavy atom. The average Bonchev–Trinajstić information content (AvgIpc) is 2.60. The molecular formula is C20H25NO4. The van der Waals surface area contributed by atoms with Gasteiger partial charge in [-0.25, -0.2) is 0 Å². The molecule has 1 aliphatic rings. The summed E-state index contributed by atoms with van der Waals surface area (Å²) in [5.41, 5.74) is 4.65. The fourth-order valence-electron chi connectivity index (χ4n) is 3.41. The minimum Gasteiger partial charge on any atom is -0.504 e. The Hall–Kier alpha value is -2.40. The number of methoxy groups -OCH3 is 2. The predicted octanol–water partition coefficient (Wildman–Crippen LogP) is 3.02. The first-order valence-electron chi connectivity index (χ1n) is 8.49. The van der Waals surface area contributed by atoms with Crippen LogP contribution in [0.5, 0.6) is 23.0 Å². The van der Waals surface area contributed by atoms with Crippen molar-refractivity contribution < 1.29 is 19.7 Å². The van der Waals surface area contributed by atoms with Crippen molar-refractivity contribution in [3.63, 3.8) is 0 Å². The molecule has 0 aliphatic carbocycles. The first kappa shape index (κ1) is 17.4. The minimum atomic E-state index is 0.181. The molecule has 0 fully saturated rings. The van der Waals surface area contributed by atoms with Gasteiger partial charge in [-0.1, -0.05) is 0 Å². The fraction of sp³-hybridized carbons (Fsp3) is 0.400. The van der Waals surface area contributed by atoms with E-state index in [-0.39, 0.29) is 11.5 Å². The third-order valence-corrected chi connectivity index (χ3v) is 4.93. The normalized spacial score (nSPS) is 14.2. The number of fused-ring (bicyclic) bond motifs is 1. The Bertz CT molecular complexity index is 773. The van der Waals surface area contributed by atoms with Gasteiger partial charge in [0.05, 0.1) is 14.2 Å². The van der Waals surface area contributed by atoms with E-state index >= 15 is 0 Å². The second-order valence-corrected chi connectivity index (χ2v) is 6.52. The molecule has 3 rings (SSSR count). The van der Waals surface area contributed by atoms with Gasteiger partial charge in [-0.2, -0.15) is 0 Å². The Balaban J connectivity index is 1.69. The van der Waals surface area contributed by atoms with Crippen LogP contribution < -0.4 is 9.47 Å². The molecule has 0 atom stereocenters. The SMILES string of the molecule is COc1cc(CCN2CCc3cc(OC)c(O)cc3C2)c(C)cc1O. The summed E-state index contributed by atoms with van der Waals surface area (Å²) in [6, 6.07) is 7.43. The van der Waals surface area contributed by atoms with Gasteiger partial charge in [0.1, 0.15) is 0 Å². The quantitative estimate of drug-likeness (QED) is 0.874. The number of nitrogens with zero attached hydrogens (tertiary/aromatic N) is 1. The topological polar surface area (TPSA) is 62.2 Å². The van der Waals surface area contributed by atoms with E-state index in [1.807, 2.05) is 25.1 Å². The third-order valence-electron chi connectivity index (χ3n) is 4.93. The summed E-state index contributed by atoms with van der Waals surface area (Å²) in [5.74, 6) is 1.43. The van der Waals surface area contributed by atoms with Crippen molar-refractivity contribution in [1.82, 2.24) is 4.90 Å². The van der Waals surface area contributed by atoms with Crippen molar-refractivity contribution >= 4 is 0 Å². The lowest BCUT2D eigenvalue weighted by molar-refractivity contribution is 0.255. The number of aryl methyl sites for hydroxylation is 1. The number of phenolic OH excluding ortho intramolecular Hbond substituents is 2. The van der Waals surface area contributed by atoms with Crippen LogP contribution in [0.15, 0.2) is 24.3 Å². The molecule has 2 N–H and O–H groups in total. The monoisotopic (exact) mass is 343 g/mol. The number of hydrogen-bond acceptors (Lipinski definition) is 5. The van der Waals surface area contributed by atoms with Gasteiger partial charge >= 0.3 is 0 Å². The minimum absolute atomic E-state index is 0.181. The summed E-state index contributed by atoms with van der Waals surface area (Å²) in [7, 11) is 3.14. The van der Waals surface area contributed by atoms with E-state index in [9.17, 15) is 10.2 Å². The van der Waals surface area contributed by atoms with Gasteiger partial charge in [-0.15, -0.1) is 0 Å². The smallest absolute Gasteiger partial charge is 0.160 e. The van der Waals surface area contributed by atoms with Gasteiger partial charge in [0.2, 0.25) is 0 Å². The van der Waals surface area contributed by atoms with E-state index in [2.05, 4.69) is 4.90 Å². The largest absolute Gasteiger partial charge is 0.504 e. The first-order valence-corrected chi connectivity index (χ1v) is 8.49. The van der Waals surface area contributed by atoms with Gasteiger partial charge in [0.25, 0.3) is 0 Å². The van der Waals surface area contributed by atoms with Gasteiger partial charge in [-0.3, -0.25) is 4.90 Å². The Kier molecular flexibility index (Phi) is 5.04. The Labute approximate surface area is 148 Å². The van der Waals surface area contributed by atoms with E-state index in [0.717, 1.165) is 43.6 Å². The molecule has 0 amide bonds. The lowest BCUT2D eigenvalue weighted by Gasteiger charge is -2.29. The predicted molar refractivity (Wildman–Crippen MR) is 96.7 cm³/mol. The molecule has 0 spiro atoms. The van der Waals surface area contributed by atoms with Crippen molar-refractivity contribution in [2.75, 3.05) is 27.3 Å². The van der Waals surface area contributed by atoms with Crippen LogP contribution in [-0.4, -0.2) is 42.4 Å². The number of phenols is 2. The van der Waals surface area contributed by atoms with Gasteiger partial charge < -0.3 is 19.7 Å². The zero-order valence-corrected chi connectivity index (χ0v) is 15.0. The number of aromatic hydroxyl groups is 2. The maximum absolute atomic E-state index is 10.00. The number of ether oxygens (including phenoxy) is 2. The second kappa shape index (κ2) is 7.23. The van der Waals surface area contributed by atoms with Gasteiger partial charge in [-0.05, 0) is 66.3 Å². The number of benzene rings is 2. The van der Waals surface area contributed by atoms with Crippen LogP contribution in [-0.2, 0) is 19.4 Å². The molecule has 1 heterocycles. The fourth-order valence-corrected chi connectivity index (χ4v) is 3.41. The van der Waals surface area contributed by atoms with E-state index in [1.54, 1.807) is 20.3 Å². The molecule has 2 aromatic rings. The van der Waals surface area contributed by atoms with Crippen LogP contribution in [0.3, 0.4) is 0 Å². The van der Waals surface area contributed by atoms with Crippen molar-refractivity contribution in [2.45, 2.75) is 26.3 Å². The number of rotatable bonds is 5. The van der Waals surface area contributed by atoms with Crippen molar-refractivity contribution in [3.8, 4) is 23.0 Å². The Morgan fingerprint density at radius 3 is 2.36 bits per heavy atom. The second-order valence-electron chi connectivity index (χ2n) is 6.52. The molecule has 5 heteroatoms. The van der Waals surface area contributed by atoms with E-state index in [1.165, 1.54) is 11.1 Å². The van der Waals surface area contributed by atoms with Crippen molar-refractivity contribution in [2.24, 2.45) is 0 Å². The molecule has 0 bridgehead atoms. The van der Waals surface area contributed by atoms with Crippen molar-refractivity contribution in [3.05, 3.63) is 46.5 Å². The molecule has 134 valence electrons. The van der Waals surface area contributed by atoms with Gasteiger partial charge in [0.15, 0.2) is 23.0 Å².